The van der Waals surface area contributed by atoms with Crippen LogP contribution in [0.4, 0.5) is 0 Å². The first-order valence-electron chi connectivity index (χ1n) is 4.91. The highest BCUT2D eigenvalue weighted by atomic mass is 79.9. The maximum Gasteiger partial charge on any atom is 0.0575 e. The molecule has 1 aliphatic rings. The summed E-state index contributed by atoms with van der Waals surface area (Å²) in [5, 5.41) is 1.07. The third kappa shape index (κ3) is 3.06. The van der Waals surface area contributed by atoms with Gasteiger partial charge in [0.2, 0.25) is 0 Å². The number of alkyl halides is 1. The van der Waals surface area contributed by atoms with Gasteiger partial charge in [-0.3, -0.25) is 0 Å². The van der Waals surface area contributed by atoms with Gasteiger partial charge in [0, 0.05) is 5.33 Å². The molecule has 0 aromatic rings. The molecular weight excluding hydrogens is 216 g/mol. The summed E-state index contributed by atoms with van der Waals surface area (Å²) in [6.07, 6.45) is 4.52. The molecular formula is C10H19BrO. The average Bonchev–Trinajstić information content (AvgIpc) is 1.93. The van der Waals surface area contributed by atoms with E-state index in [2.05, 4.69) is 29.8 Å². The van der Waals surface area contributed by atoms with E-state index in [1.54, 1.807) is 0 Å². The Hall–Kier alpha value is 0.440. The van der Waals surface area contributed by atoms with E-state index >= 15 is 0 Å². The minimum atomic E-state index is 0.588. The van der Waals surface area contributed by atoms with Gasteiger partial charge in [-0.1, -0.05) is 29.8 Å². The normalized spacial score (nSPS) is 21.0. The molecule has 1 nitrogen and oxygen atoms in total. The first-order chi connectivity index (χ1) is 5.74. The van der Waals surface area contributed by atoms with Crippen LogP contribution in [0.1, 0.15) is 33.1 Å². The molecule has 1 atom stereocenters. The van der Waals surface area contributed by atoms with Gasteiger partial charge in [0.1, 0.15) is 0 Å². The monoisotopic (exact) mass is 234 g/mol. The Balaban J connectivity index is 2.09. The van der Waals surface area contributed by atoms with E-state index in [1.807, 2.05) is 0 Å². The zero-order valence-corrected chi connectivity index (χ0v) is 9.64. The maximum atomic E-state index is 5.76. The Morgan fingerprint density at radius 3 is 2.42 bits per heavy atom. The van der Waals surface area contributed by atoms with E-state index in [0.29, 0.717) is 12.0 Å². The van der Waals surface area contributed by atoms with Gasteiger partial charge in [0.05, 0.1) is 12.7 Å². The number of hydrogen-bond donors (Lipinski definition) is 0. The molecule has 0 bridgehead atoms. The van der Waals surface area contributed by atoms with E-state index in [1.165, 1.54) is 19.3 Å². The Morgan fingerprint density at radius 1 is 1.42 bits per heavy atom. The van der Waals surface area contributed by atoms with Crippen LogP contribution in [-0.2, 0) is 4.74 Å². The number of rotatable bonds is 5. The van der Waals surface area contributed by atoms with Crippen molar-refractivity contribution in [1.82, 2.24) is 0 Å². The smallest absolute Gasteiger partial charge is 0.0575 e. The Labute approximate surface area is 84.0 Å². The van der Waals surface area contributed by atoms with Crippen LogP contribution in [0.2, 0.25) is 0 Å². The van der Waals surface area contributed by atoms with E-state index in [-0.39, 0.29) is 0 Å². The molecule has 1 fully saturated rings. The van der Waals surface area contributed by atoms with Crippen molar-refractivity contribution in [2.24, 2.45) is 11.8 Å². The first-order valence-corrected chi connectivity index (χ1v) is 6.03. The predicted molar refractivity (Wildman–Crippen MR) is 55.7 cm³/mol. The van der Waals surface area contributed by atoms with Crippen LogP contribution in [-0.4, -0.2) is 18.0 Å². The molecule has 0 aromatic heterocycles. The average molecular weight is 235 g/mol. The minimum Gasteiger partial charge on any atom is -0.378 e. The van der Waals surface area contributed by atoms with Gasteiger partial charge in [-0.05, 0) is 31.1 Å². The number of halogens is 1. The molecule has 0 spiro atoms. The van der Waals surface area contributed by atoms with Gasteiger partial charge < -0.3 is 4.74 Å². The van der Waals surface area contributed by atoms with Crippen molar-refractivity contribution in [2.45, 2.75) is 39.2 Å². The second-order valence-electron chi connectivity index (χ2n) is 4.04. The molecule has 0 saturated heterocycles. The van der Waals surface area contributed by atoms with Crippen LogP contribution in [0.5, 0.6) is 0 Å². The van der Waals surface area contributed by atoms with E-state index in [9.17, 15) is 0 Å². The predicted octanol–water partition coefficient (Wildman–Crippen LogP) is 3.22. The van der Waals surface area contributed by atoms with Crippen LogP contribution in [0, 0.1) is 11.8 Å². The second kappa shape index (κ2) is 5.23. The summed E-state index contributed by atoms with van der Waals surface area (Å²) < 4.78 is 5.76. The Kier molecular flexibility index (Phi) is 4.59. The van der Waals surface area contributed by atoms with Gasteiger partial charge in [0.15, 0.2) is 0 Å². The SMILES string of the molecule is CC(C)C(CBr)COC1CCC1. The highest BCUT2D eigenvalue weighted by molar-refractivity contribution is 9.09. The summed E-state index contributed by atoms with van der Waals surface area (Å²) >= 11 is 3.53. The lowest BCUT2D eigenvalue weighted by atomic mass is 9.95. The molecule has 0 amide bonds. The third-order valence-electron chi connectivity index (χ3n) is 2.74. The van der Waals surface area contributed by atoms with Crippen molar-refractivity contribution in [2.75, 3.05) is 11.9 Å². The highest BCUT2D eigenvalue weighted by Gasteiger charge is 2.20. The number of ether oxygens (including phenoxy) is 1. The van der Waals surface area contributed by atoms with Gasteiger partial charge >= 0.3 is 0 Å². The van der Waals surface area contributed by atoms with Crippen LogP contribution in [0.25, 0.3) is 0 Å². The summed E-state index contributed by atoms with van der Waals surface area (Å²) in [7, 11) is 0. The molecule has 12 heavy (non-hydrogen) atoms. The standard InChI is InChI=1S/C10H19BrO/c1-8(2)9(6-11)7-12-10-4-3-5-10/h8-10H,3-7H2,1-2H3. The lowest BCUT2D eigenvalue weighted by Crippen LogP contribution is -2.27. The summed E-state index contributed by atoms with van der Waals surface area (Å²) in [6, 6.07) is 0. The zero-order valence-electron chi connectivity index (χ0n) is 8.05. The molecule has 0 heterocycles. The molecule has 1 unspecified atom stereocenters. The minimum absolute atomic E-state index is 0.588. The summed E-state index contributed by atoms with van der Waals surface area (Å²) in [4.78, 5) is 0. The molecule has 72 valence electrons. The van der Waals surface area contributed by atoms with E-state index in [4.69, 9.17) is 4.74 Å². The molecule has 1 saturated carbocycles. The van der Waals surface area contributed by atoms with Gasteiger partial charge in [-0.25, -0.2) is 0 Å². The molecule has 0 aliphatic heterocycles. The summed E-state index contributed by atoms with van der Waals surface area (Å²) in [5.41, 5.74) is 0. The fraction of sp³-hybridized carbons (Fsp3) is 1.00. The number of hydrogen-bond acceptors (Lipinski definition) is 1. The van der Waals surface area contributed by atoms with Crippen molar-refractivity contribution in [3.8, 4) is 0 Å². The Bertz CT molecular complexity index is 121. The topological polar surface area (TPSA) is 9.23 Å². The molecule has 1 rings (SSSR count). The largest absolute Gasteiger partial charge is 0.378 e. The Morgan fingerprint density at radius 2 is 2.08 bits per heavy atom. The molecule has 0 N–H and O–H groups in total. The lowest BCUT2D eigenvalue weighted by Gasteiger charge is -2.28. The van der Waals surface area contributed by atoms with Gasteiger partial charge in [-0.2, -0.15) is 0 Å². The summed E-state index contributed by atoms with van der Waals surface area (Å²) in [6.45, 7) is 5.46. The van der Waals surface area contributed by atoms with Crippen LogP contribution >= 0.6 is 15.9 Å². The maximum absolute atomic E-state index is 5.76. The quantitative estimate of drug-likeness (QED) is 0.665. The lowest BCUT2D eigenvalue weighted by molar-refractivity contribution is -0.0186. The van der Waals surface area contributed by atoms with E-state index in [0.717, 1.165) is 17.9 Å². The van der Waals surface area contributed by atoms with Crippen molar-refractivity contribution in [3.63, 3.8) is 0 Å². The van der Waals surface area contributed by atoms with Crippen molar-refractivity contribution in [1.29, 1.82) is 0 Å². The van der Waals surface area contributed by atoms with Crippen molar-refractivity contribution < 1.29 is 4.74 Å². The molecule has 0 aromatic carbocycles. The highest BCUT2D eigenvalue weighted by Crippen LogP contribution is 2.24. The fourth-order valence-corrected chi connectivity index (χ4v) is 2.15. The van der Waals surface area contributed by atoms with Crippen molar-refractivity contribution in [3.05, 3.63) is 0 Å². The first kappa shape index (κ1) is 10.5. The molecule has 2 heteroatoms. The van der Waals surface area contributed by atoms with E-state index < -0.39 is 0 Å². The van der Waals surface area contributed by atoms with Crippen LogP contribution < -0.4 is 0 Å². The van der Waals surface area contributed by atoms with Gasteiger partial charge in [-0.15, -0.1) is 0 Å². The molecule has 0 radical (unpaired) electrons. The van der Waals surface area contributed by atoms with Crippen LogP contribution in [0.15, 0.2) is 0 Å². The zero-order chi connectivity index (χ0) is 8.97. The molecule has 1 aliphatic carbocycles. The van der Waals surface area contributed by atoms with Crippen LogP contribution in [0.3, 0.4) is 0 Å². The second-order valence-corrected chi connectivity index (χ2v) is 4.69. The van der Waals surface area contributed by atoms with Gasteiger partial charge in [0.25, 0.3) is 0 Å². The third-order valence-corrected chi connectivity index (χ3v) is 3.57. The fourth-order valence-electron chi connectivity index (χ4n) is 1.21. The summed E-state index contributed by atoms with van der Waals surface area (Å²) in [5.74, 6) is 1.41. The van der Waals surface area contributed by atoms with Crippen molar-refractivity contribution >= 4 is 15.9 Å².